The highest BCUT2D eigenvalue weighted by atomic mass is 16.5. The molecule has 0 amide bonds. The van der Waals surface area contributed by atoms with Crippen LogP contribution >= 0.6 is 0 Å². The molecule has 0 aromatic heterocycles. The van der Waals surface area contributed by atoms with E-state index in [0.29, 0.717) is 18.1 Å². The first-order valence-corrected chi connectivity index (χ1v) is 10.5. The molecule has 3 heteroatoms. The molecule has 2 bridgehead atoms. The van der Waals surface area contributed by atoms with E-state index in [9.17, 15) is 4.79 Å². The lowest BCUT2D eigenvalue weighted by atomic mass is 9.83. The molecule has 3 nitrogen and oxygen atoms in total. The molecule has 1 aromatic carbocycles. The van der Waals surface area contributed by atoms with Gasteiger partial charge in [0.1, 0.15) is 6.10 Å². The van der Waals surface area contributed by atoms with E-state index in [2.05, 4.69) is 44.2 Å². The Labute approximate surface area is 157 Å². The van der Waals surface area contributed by atoms with Crippen LogP contribution in [-0.4, -0.2) is 30.2 Å². The molecule has 3 aliphatic rings. The van der Waals surface area contributed by atoms with Crippen LogP contribution in [0.2, 0.25) is 0 Å². The normalized spacial score (nSPS) is 33.8. The monoisotopic (exact) mass is 354 g/mol. The summed E-state index contributed by atoms with van der Waals surface area (Å²) >= 11 is 0. The minimum atomic E-state index is -0.0840. The maximum atomic E-state index is 13.0. The lowest BCUT2D eigenvalue weighted by molar-refractivity contribution is -0.962. The molecule has 1 aliphatic carbocycles. The van der Waals surface area contributed by atoms with Crippen molar-refractivity contribution in [3.8, 4) is 0 Å². The van der Waals surface area contributed by atoms with Crippen molar-refractivity contribution in [1.82, 2.24) is 0 Å². The number of rotatable bonds is 4. The van der Waals surface area contributed by atoms with Crippen molar-refractivity contribution in [1.29, 1.82) is 0 Å². The standard InChI is InChI=1S/C23H31NO2/c1-16(2)24-18-12-13-19(24)15-20(14-18)26-23(25)22-11-7-6-10-21(22)17-8-4-3-5-9-17/h3-5,8-10,16,18-20,22H,6-7,11-15H2,1-2H3/p+1/t18-,19+,20?,22?. The molecule has 2 heterocycles. The van der Waals surface area contributed by atoms with Gasteiger partial charge in [-0.15, -0.1) is 0 Å². The molecule has 2 aliphatic heterocycles. The van der Waals surface area contributed by atoms with Crippen molar-refractivity contribution in [2.24, 2.45) is 5.92 Å². The minimum Gasteiger partial charge on any atom is -0.461 e. The van der Waals surface area contributed by atoms with Crippen molar-refractivity contribution in [3.05, 3.63) is 42.0 Å². The van der Waals surface area contributed by atoms with Crippen LogP contribution in [0.15, 0.2) is 36.4 Å². The highest BCUT2D eigenvalue weighted by molar-refractivity contribution is 5.89. The zero-order chi connectivity index (χ0) is 18.1. The molecule has 2 fully saturated rings. The van der Waals surface area contributed by atoms with E-state index < -0.39 is 0 Å². The first-order chi connectivity index (χ1) is 12.6. The van der Waals surface area contributed by atoms with Gasteiger partial charge in [-0.25, -0.2) is 0 Å². The summed E-state index contributed by atoms with van der Waals surface area (Å²) in [5.74, 6) is -0.0727. The first-order valence-electron chi connectivity index (χ1n) is 10.5. The number of benzene rings is 1. The molecule has 1 aromatic rings. The van der Waals surface area contributed by atoms with Crippen LogP contribution in [0, 0.1) is 5.92 Å². The van der Waals surface area contributed by atoms with E-state index in [1.165, 1.54) is 24.0 Å². The van der Waals surface area contributed by atoms with E-state index in [1.54, 1.807) is 4.90 Å². The van der Waals surface area contributed by atoms with Crippen LogP contribution in [0.3, 0.4) is 0 Å². The Kier molecular flexibility index (Phi) is 5.17. The van der Waals surface area contributed by atoms with Gasteiger partial charge in [-0.2, -0.15) is 0 Å². The molecule has 0 radical (unpaired) electrons. The summed E-state index contributed by atoms with van der Waals surface area (Å²) in [5.41, 5.74) is 2.35. The predicted molar refractivity (Wildman–Crippen MR) is 104 cm³/mol. The van der Waals surface area contributed by atoms with Gasteiger partial charge in [-0.05, 0) is 44.2 Å². The number of nitrogens with one attached hydrogen (secondary N) is 1. The highest BCUT2D eigenvalue weighted by Crippen LogP contribution is 2.35. The summed E-state index contributed by atoms with van der Waals surface area (Å²) in [6, 6.07) is 12.4. The van der Waals surface area contributed by atoms with E-state index in [1.807, 2.05) is 6.07 Å². The van der Waals surface area contributed by atoms with E-state index in [-0.39, 0.29) is 18.0 Å². The van der Waals surface area contributed by atoms with E-state index in [4.69, 9.17) is 4.74 Å². The lowest BCUT2D eigenvalue weighted by Gasteiger charge is -2.38. The maximum absolute atomic E-state index is 13.0. The van der Waals surface area contributed by atoms with Crippen molar-refractivity contribution >= 4 is 11.5 Å². The number of carbonyl (C=O) groups is 1. The fraction of sp³-hybridized carbons (Fsp3) is 0.609. The Morgan fingerprint density at radius 1 is 1.08 bits per heavy atom. The average molecular weight is 355 g/mol. The number of hydrogen-bond acceptors (Lipinski definition) is 2. The quantitative estimate of drug-likeness (QED) is 0.840. The van der Waals surface area contributed by atoms with Crippen molar-refractivity contribution in [2.75, 3.05) is 0 Å². The first kappa shape index (κ1) is 17.8. The maximum Gasteiger partial charge on any atom is 0.313 e. The zero-order valence-electron chi connectivity index (χ0n) is 16.1. The minimum absolute atomic E-state index is 0.0113. The SMILES string of the molecule is CC(C)[NH+]1[C@@H]2CC[C@H]1CC(OC(=O)C1CCCC=C1c1ccccc1)C2. The van der Waals surface area contributed by atoms with Gasteiger partial charge in [0.2, 0.25) is 0 Å². The third-order valence-corrected chi connectivity index (χ3v) is 6.68. The summed E-state index contributed by atoms with van der Waals surface area (Å²) in [7, 11) is 0. The topological polar surface area (TPSA) is 30.7 Å². The van der Waals surface area contributed by atoms with Crippen LogP contribution in [0.25, 0.3) is 5.57 Å². The summed E-state index contributed by atoms with van der Waals surface area (Å²) < 4.78 is 6.10. The number of esters is 1. The Balaban J connectivity index is 1.43. The molecule has 26 heavy (non-hydrogen) atoms. The number of piperidine rings is 1. The number of carbonyl (C=O) groups excluding carboxylic acids is 1. The number of allylic oxidation sites excluding steroid dienone is 1. The van der Waals surface area contributed by atoms with Crippen molar-refractivity contribution in [2.45, 2.75) is 83.0 Å². The van der Waals surface area contributed by atoms with Crippen LogP contribution in [0.1, 0.15) is 64.4 Å². The third-order valence-electron chi connectivity index (χ3n) is 6.68. The molecule has 2 saturated heterocycles. The molecular formula is C23H32NO2+. The van der Waals surface area contributed by atoms with Gasteiger partial charge < -0.3 is 9.64 Å². The van der Waals surface area contributed by atoms with Crippen molar-refractivity contribution < 1.29 is 14.4 Å². The second kappa shape index (κ2) is 7.56. The van der Waals surface area contributed by atoms with Gasteiger partial charge in [0.15, 0.2) is 0 Å². The number of hydrogen-bond donors (Lipinski definition) is 1. The van der Waals surface area contributed by atoms with Gasteiger partial charge in [-0.3, -0.25) is 4.79 Å². The highest BCUT2D eigenvalue weighted by Gasteiger charge is 2.47. The molecule has 1 N–H and O–H groups in total. The molecule has 4 rings (SSSR count). The van der Waals surface area contributed by atoms with Gasteiger partial charge in [0.05, 0.1) is 24.0 Å². The number of quaternary nitrogens is 1. The number of fused-ring (bicyclic) bond motifs is 2. The molecule has 140 valence electrons. The Morgan fingerprint density at radius 2 is 1.77 bits per heavy atom. The Morgan fingerprint density at radius 3 is 2.42 bits per heavy atom. The average Bonchev–Trinajstić information content (AvgIpc) is 2.94. The second-order valence-corrected chi connectivity index (χ2v) is 8.67. The Hall–Kier alpha value is -1.61. The Bertz CT molecular complexity index is 652. The summed E-state index contributed by atoms with van der Waals surface area (Å²) in [6.07, 6.45) is 10.1. The molecule has 5 atom stereocenters. The largest absolute Gasteiger partial charge is 0.461 e. The van der Waals surface area contributed by atoms with Crippen molar-refractivity contribution in [3.63, 3.8) is 0 Å². The molecule has 3 unspecified atom stereocenters. The molecular weight excluding hydrogens is 322 g/mol. The van der Waals surface area contributed by atoms with Crippen LogP contribution in [0.5, 0.6) is 0 Å². The van der Waals surface area contributed by atoms with Gasteiger partial charge >= 0.3 is 5.97 Å². The van der Waals surface area contributed by atoms with Gasteiger partial charge in [-0.1, -0.05) is 36.4 Å². The molecule has 0 saturated carbocycles. The third kappa shape index (κ3) is 3.46. The number of ether oxygens (including phenoxy) is 1. The van der Waals surface area contributed by atoms with Gasteiger partial charge in [0.25, 0.3) is 0 Å². The molecule has 0 spiro atoms. The second-order valence-electron chi connectivity index (χ2n) is 8.67. The van der Waals surface area contributed by atoms with Gasteiger partial charge in [0, 0.05) is 25.7 Å². The lowest BCUT2D eigenvalue weighted by Crippen LogP contribution is -3.20. The zero-order valence-corrected chi connectivity index (χ0v) is 16.1. The summed E-state index contributed by atoms with van der Waals surface area (Å²) in [5, 5.41) is 0. The van der Waals surface area contributed by atoms with E-state index in [0.717, 1.165) is 32.1 Å². The van der Waals surface area contributed by atoms with Crippen LogP contribution in [0.4, 0.5) is 0 Å². The predicted octanol–water partition coefficient (Wildman–Crippen LogP) is 3.40. The van der Waals surface area contributed by atoms with Crippen LogP contribution < -0.4 is 4.90 Å². The smallest absolute Gasteiger partial charge is 0.313 e. The summed E-state index contributed by atoms with van der Waals surface area (Å²) in [4.78, 5) is 14.8. The fourth-order valence-corrected chi connectivity index (χ4v) is 5.66. The van der Waals surface area contributed by atoms with Crippen LogP contribution in [-0.2, 0) is 9.53 Å². The summed E-state index contributed by atoms with van der Waals surface area (Å²) in [6.45, 7) is 4.65. The van der Waals surface area contributed by atoms with E-state index >= 15 is 0 Å². The fourth-order valence-electron chi connectivity index (χ4n) is 5.66.